The van der Waals surface area contributed by atoms with Gasteiger partial charge in [-0.3, -0.25) is 4.79 Å². The lowest BCUT2D eigenvalue weighted by molar-refractivity contribution is -0.126. The number of hydrogen-bond donors (Lipinski definition) is 2. The fraction of sp³-hybridized carbons (Fsp3) is 0.538. The molecule has 1 aromatic rings. The molecular weight excluding hydrogens is 266 g/mol. The number of amides is 1. The molecule has 1 aromatic heterocycles. The Labute approximate surface area is 117 Å². The molecule has 1 amide bonds. The maximum atomic E-state index is 11.9. The zero-order chi connectivity index (χ0) is 13.7. The number of ether oxygens (including phenoxy) is 1. The standard InChI is InChI=1S/C13H18ClN3O2/c14-10-3-4-11(17-9-10)19-8-7-16-12(18)13(15)5-1-2-6-13/h3-4,9H,1-2,5-8,15H2,(H,16,18). The summed E-state index contributed by atoms with van der Waals surface area (Å²) in [7, 11) is 0. The molecule has 3 N–H and O–H groups in total. The smallest absolute Gasteiger partial charge is 0.240 e. The number of carbonyl (C=O) groups excluding carboxylic acids is 1. The van der Waals surface area contributed by atoms with Crippen molar-refractivity contribution in [2.24, 2.45) is 5.73 Å². The average molecular weight is 284 g/mol. The predicted octanol–water partition coefficient (Wildman–Crippen LogP) is 1.50. The Bertz CT molecular complexity index is 430. The van der Waals surface area contributed by atoms with E-state index in [-0.39, 0.29) is 5.91 Å². The van der Waals surface area contributed by atoms with Crippen LogP contribution in [-0.2, 0) is 4.79 Å². The molecule has 0 unspecified atom stereocenters. The first-order valence-electron chi connectivity index (χ1n) is 6.42. The zero-order valence-corrected chi connectivity index (χ0v) is 11.4. The number of carbonyl (C=O) groups is 1. The van der Waals surface area contributed by atoms with E-state index in [1.807, 2.05) is 0 Å². The maximum absolute atomic E-state index is 11.9. The van der Waals surface area contributed by atoms with Crippen molar-refractivity contribution in [3.63, 3.8) is 0 Å². The minimum absolute atomic E-state index is 0.0855. The van der Waals surface area contributed by atoms with Crippen LogP contribution in [-0.4, -0.2) is 29.6 Å². The fourth-order valence-corrected chi connectivity index (χ4v) is 2.29. The van der Waals surface area contributed by atoms with Crippen molar-refractivity contribution in [1.82, 2.24) is 10.3 Å². The normalized spacial score (nSPS) is 17.2. The van der Waals surface area contributed by atoms with Crippen LogP contribution in [0.25, 0.3) is 0 Å². The molecule has 6 heteroatoms. The summed E-state index contributed by atoms with van der Waals surface area (Å²) in [5.74, 6) is 0.402. The topological polar surface area (TPSA) is 77.2 Å². The van der Waals surface area contributed by atoms with Gasteiger partial charge in [-0.2, -0.15) is 0 Å². The summed E-state index contributed by atoms with van der Waals surface area (Å²) in [5.41, 5.74) is 5.35. The van der Waals surface area contributed by atoms with Crippen LogP contribution in [0.5, 0.6) is 5.88 Å². The summed E-state index contributed by atoms with van der Waals surface area (Å²) >= 11 is 5.71. The van der Waals surface area contributed by atoms with Crippen molar-refractivity contribution in [2.45, 2.75) is 31.2 Å². The molecular formula is C13H18ClN3O2. The predicted molar refractivity (Wildman–Crippen MR) is 73.1 cm³/mol. The van der Waals surface area contributed by atoms with E-state index in [9.17, 15) is 4.79 Å². The first kappa shape index (κ1) is 14.1. The van der Waals surface area contributed by atoms with Crippen molar-refractivity contribution in [1.29, 1.82) is 0 Å². The molecule has 0 aliphatic heterocycles. The molecule has 1 heterocycles. The van der Waals surface area contributed by atoms with E-state index in [4.69, 9.17) is 22.1 Å². The van der Waals surface area contributed by atoms with Crippen LogP contribution in [0.1, 0.15) is 25.7 Å². The Morgan fingerprint density at radius 1 is 1.47 bits per heavy atom. The van der Waals surface area contributed by atoms with Gasteiger partial charge in [-0.25, -0.2) is 4.98 Å². The number of rotatable bonds is 5. The van der Waals surface area contributed by atoms with Gasteiger partial charge < -0.3 is 15.8 Å². The van der Waals surface area contributed by atoms with E-state index < -0.39 is 5.54 Å². The van der Waals surface area contributed by atoms with Crippen molar-refractivity contribution >= 4 is 17.5 Å². The van der Waals surface area contributed by atoms with Crippen LogP contribution in [0.2, 0.25) is 5.02 Å². The van der Waals surface area contributed by atoms with E-state index >= 15 is 0 Å². The largest absolute Gasteiger partial charge is 0.476 e. The van der Waals surface area contributed by atoms with Gasteiger partial charge in [-0.15, -0.1) is 0 Å². The van der Waals surface area contributed by atoms with Gasteiger partial charge in [0.1, 0.15) is 6.61 Å². The van der Waals surface area contributed by atoms with Crippen molar-refractivity contribution < 1.29 is 9.53 Å². The quantitative estimate of drug-likeness (QED) is 0.803. The Hall–Kier alpha value is -1.33. The zero-order valence-electron chi connectivity index (χ0n) is 10.7. The summed E-state index contributed by atoms with van der Waals surface area (Å²) in [6.07, 6.45) is 5.09. The molecule has 1 aliphatic rings. The van der Waals surface area contributed by atoms with Crippen molar-refractivity contribution in [2.75, 3.05) is 13.2 Å². The van der Waals surface area contributed by atoms with Gasteiger partial charge in [0.2, 0.25) is 11.8 Å². The molecule has 0 aromatic carbocycles. The van der Waals surface area contributed by atoms with Gasteiger partial charge in [0.15, 0.2) is 0 Å². The van der Waals surface area contributed by atoms with Crippen LogP contribution in [0, 0.1) is 0 Å². The summed E-state index contributed by atoms with van der Waals surface area (Å²) in [4.78, 5) is 15.9. The Balaban J connectivity index is 1.69. The van der Waals surface area contributed by atoms with E-state index in [1.54, 1.807) is 12.1 Å². The fourth-order valence-electron chi connectivity index (χ4n) is 2.18. The minimum Gasteiger partial charge on any atom is -0.476 e. The molecule has 1 saturated carbocycles. The van der Waals surface area contributed by atoms with Gasteiger partial charge >= 0.3 is 0 Å². The molecule has 104 valence electrons. The lowest BCUT2D eigenvalue weighted by Crippen LogP contribution is -2.52. The second kappa shape index (κ2) is 6.21. The van der Waals surface area contributed by atoms with E-state index in [2.05, 4.69) is 10.3 Å². The van der Waals surface area contributed by atoms with E-state index in [1.165, 1.54) is 6.20 Å². The van der Waals surface area contributed by atoms with Crippen LogP contribution >= 0.6 is 11.6 Å². The second-order valence-corrected chi connectivity index (χ2v) is 5.22. The van der Waals surface area contributed by atoms with Gasteiger partial charge in [0.05, 0.1) is 17.1 Å². The third-order valence-corrected chi connectivity index (χ3v) is 3.51. The summed E-state index contributed by atoms with van der Waals surface area (Å²) in [6.45, 7) is 0.776. The molecule has 0 saturated heterocycles. The molecule has 1 fully saturated rings. The number of nitrogens with one attached hydrogen (secondary N) is 1. The van der Waals surface area contributed by atoms with Gasteiger partial charge in [-0.1, -0.05) is 24.4 Å². The summed E-state index contributed by atoms with van der Waals surface area (Å²) < 4.78 is 5.38. The first-order chi connectivity index (χ1) is 9.10. The molecule has 19 heavy (non-hydrogen) atoms. The lowest BCUT2D eigenvalue weighted by Gasteiger charge is -2.22. The number of hydrogen-bond acceptors (Lipinski definition) is 4. The monoisotopic (exact) mass is 283 g/mol. The molecule has 0 bridgehead atoms. The summed E-state index contributed by atoms with van der Waals surface area (Å²) in [6, 6.07) is 3.39. The van der Waals surface area contributed by atoms with Gasteiger partial charge in [0.25, 0.3) is 0 Å². The number of aromatic nitrogens is 1. The Morgan fingerprint density at radius 3 is 2.84 bits per heavy atom. The molecule has 0 radical (unpaired) electrons. The SMILES string of the molecule is NC1(C(=O)NCCOc2ccc(Cl)cn2)CCCC1. The number of nitrogens with zero attached hydrogens (tertiary/aromatic N) is 1. The van der Waals surface area contributed by atoms with Crippen LogP contribution < -0.4 is 15.8 Å². The van der Waals surface area contributed by atoms with Gasteiger partial charge in [0, 0.05) is 12.3 Å². The third kappa shape index (κ3) is 3.81. The minimum atomic E-state index is -0.682. The number of nitrogens with two attached hydrogens (primary N) is 1. The molecule has 2 rings (SSSR count). The molecule has 5 nitrogen and oxygen atoms in total. The number of pyridine rings is 1. The maximum Gasteiger partial charge on any atom is 0.240 e. The highest BCUT2D eigenvalue weighted by Gasteiger charge is 2.36. The van der Waals surface area contributed by atoms with Crippen molar-refractivity contribution in [3.05, 3.63) is 23.4 Å². The van der Waals surface area contributed by atoms with Crippen molar-refractivity contribution in [3.8, 4) is 5.88 Å². The lowest BCUT2D eigenvalue weighted by atomic mass is 9.98. The second-order valence-electron chi connectivity index (χ2n) is 4.78. The third-order valence-electron chi connectivity index (χ3n) is 3.29. The average Bonchev–Trinajstić information content (AvgIpc) is 2.85. The molecule has 1 aliphatic carbocycles. The van der Waals surface area contributed by atoms with Crippen LogP contribution in [0.4, 0.5) is 0 Å². The van der Waals surface area contributed by atoms with E-state index in [0.717, 1.165) is 25.7 Å². The van der Waals surface area contributed by atoms with Crippen LogP contribution in [0.3, 0.4) is 0 Å². The Morgan fingerprint density at radius 2 is 2.21 bits per heavy atom. The highest BCUT2D eigenvalue weighted by molar-refractivity contribution is 6.30. The van der Waals surface area contributed by atoms with Gasteiger partial charge in [-0.05, 0) is 18.9 Å². The first-order valence-corrected chi connectivity index (χ1v) is 6.79. The highest BCUT2D eigenvalue weighted by Crippen LogP contribution is 2.27. The number of halogens is 1. The Kier molecular flexibility index (Phi) is 4.61. The highest BCUT2D eigenvalue weighted by atomic mass is 35.5. The molecule has 0 spiro atoms. The van der Waals surface area contributed by atoms with E-state index in [0.29, 0.717) is 24.1 Å². The van der Waals surface area contributed by atoms with Crippen LogP contribution in [0.15, 0.2) is 18.3 Å². The molecule has 0 atom stereocenters. The summed E-state index contributed by atoms with van der Waals surface area (Å²) in [5, 5.41) is 3.37.